The fourth-order valence-corrected chi connectivity index (χ4v) is 7.59. The van der Waals surface area contributed by atoms with Gasteiger partial charge in [0.2, 0.25) is 17.8 Å². The van der Waals surface area contributed by atoms with Gasteiger partial charge in [0.05, 0.1) is 45.2 Å². The normalized spacial score (nSPS) is 11.0. The summed E-state index contributed by atoms with van der Waals surface area (Å²) in [5.41, 5.74) is 6.33. The second-order valence-corrected chi connectivity index (χ2v) is 23.7. The zero-order valence-electron chi connectivity index (χ0n) is 52.6. The lowest BCUT2D eigenvalue weighted by Crippen LogP contribution is -2.44. The van der Waals surface area contributed by atoms with Crippen LogP contribution in [0.5, 0.6) is 0 Å². The van der Waals surface area contributed by atoms with Gasteiger partial charge in [-0.05, 0) is 156 Å². The van der Waals surface area contributed by atoms with Crippen LogP contribution in [-0.2, 0) is 37.7 Å². The van der Waals surface area contributed by atoms with E-state index in [1.807, 2.05) is 0 Å². The highest BCUT2D eigenvalue weighted by atomic mass is 127. The Kier molecular flexibility index (Phi) is 27.8. The number of hydrogen-bond acceptors (Lipinski definition) is 23. The first-order chi connectivity index (χ1) is 43.1. The summed E-state index contributed by atoms with van der Waals surface area (Å²) >= 11 is 5.78. The number of aromatic nitrogens is 9. The Balaban J connectivity index is 0.000000282. The number of anilines is 3. The molecule has 94 heavy (non-hydrogen) atoms. The van der Waals surface area contributed by atoms with Crippen LogP contribution in [0.3, 0.4) is 0 Å². The van der Waals surface area contributed by atoms with E-state index in [0.29, 0.717) is 68.9 Å². The average Bonchev–Trinajstić information content (AvgIpc) is 1.29. The van der Waals surface area contributed by atoms with Crippen LogP contribution >= 0.6 is 35.6 Å². The number of alkyl halides is 1. The smallest absolute Gasteiger partial charge is 0.443 e. The summed E-state index contributed by atoms with van der Waals surface area (Å²) in [7, 11) is -1.70. The second kappa shape index (κ2) is 34.0. The minimum Gasteiger partial charge on any atom is -0.443 e. The maximum Gasteiger partial charge on any atom is 0.508 e. The Morgan fingerprint density at radius 2 is 0.819 bits per heavy atom. The zero-order valence-corrected chi connectivity index (χ0v) is 55.7. The van der Waals surface area contributed by atoms with Crippen LogP contribution in [0.4, 0.5) is 49.8 Å². The van der Waals surface area contributed by atoms with E-state index in [4.69, 9.17) is 59.9 Å². The molecule has 0 saturated heterocycles. The van der Waals surface area contributed by atoms with Crippen molar-refractivity contribution >= 4 is 90.1 Å². The topological polar surface area (TPSA) is 334 Å². The molecule has 0 spiro atoms. The number of amides is 4. The fraction of sp³-hybridized carbons (Fsp3) is 0.317. The first kappa shape index (κ1) is 77.1. The predicted molar refractivity (Wildman–Crippen MR) is 353 cm³/mol. The quantitative estimate of drug-likeness (QED) is 0.0356. The Bertz CT molecular complexity index is 3910. The van der Waals surface area contributed by atoms with Crippen molar-refractivity contribution in [2.24, 2.45) is 0 Å². The van der Waals surface area contributed by atoms with Crippen molar-refractivity contribution in [3.05, 3.63) is 174 Å². The van der Waals surface area contributed by atoms with Crippen molar-refractivity contribution in [1.29, 1.82) is 0 Å². The van der Waals surface area contributed by atoms with Gasteiger partial charge in [0.1, 0.15) is 28.2 Å². The fourth-order valence-electron chi connectivity index (χ4n) is 7.47. The number of pyridine rings is 6. The third-order valence-corrected chi connectivity index (χ3v) is 11.3. The number of imide groups is 2. The van der Waals surface area contributed by atoms with Crippen LogP contribution in [0.2, 0.25) is 0 Å². The minimum absolute atomic E-state index is 0. The highest BCUT2D eigenvalue weighted by Crippen LogP contribution is 2.34. The number of carbonyl (C=O) groups is 4. The highest BCUT2D eigenvalue weighted by Gasteiger charge is 2.38. The standard InChI is InChI=1S/C24H27FN4O5.C19H24ClN3O5.C14H11FN4O.C5H5BFNO2.CH4.HI/c1-23(2,3)32-21(30)29(22(31)33-24(4,5)6)20-17(10-8-12-26-20)18-14-16(28-34-18)13-15-9-7-11-19(25)27-15;1-18(2,3)26-16(24)23(17(25)27-19(4,5)6)15-13(8-7-9-21-15)14-10-12(11-20)22-28-14;15-13-5-1-3-9(18-13)7-10-8-12(20-19-10)11-4-2-6-17-14(11)16;7-5-3-1-2-4(8-5)6(9)10;;/h7-12,14H,13H2,1-6H3;7-10H,11H2,1-6H3;1-6,8H,7H2,(H2,16,17);1-3,9-10H;1H4;1H. The van der Waals surface area contributed by atoms with Crippen LogP contribution in [0.25, 0.3) is 34.0 Å². The van der Waals surface area contributed by atoms with Gasteiger partial charge in [0.15, 0.2) is 28.9 Å². The Morgan fingerprint density at radius 1 is 0.489 bits per heavy atom. The molecule has 0 aliphatic heterocycles. The molecule has 0 aromatic carbocycles. The minimum atomic E-state index is -1.70. The molecule has 0 bridgehead atoms. The molecule has 0 radical (unpaired) electrons. The summed E-state index contributed by atoms with van der Waals surface area (Å²) in [6.45, 7) is 20.3. The van der Waals surface area contributed by atoms with Crippen molar-refractivity contribution in [3.63, 3.8) is 0 Å². The molecule has 9 heterocycles. The summed E-state index contributed by atoms with van der Waals surface area (Å²) in [5.74, 6) is -0.264. The maximum absolute atomic E-state index is 13.4. The SMILES string of the molecule is C.CC(C)(C)OC(=O)N(C(=O)OC(C)(C)C)c1ncccc1-c1cc(CCl)no1.CC(C)(C)OC(=O)N(C(=O)OC(C)(C)C)c1ncccc1-c1cc(Cc2cccc(F)n2)no1.I.Nc1ncccc1-c1cc(Cc2cccc(F)n2)no1.OB(O)c1cccc(F)n1. The Labute approximate surface area is 562 Å². The maximum atomic E-state index is 13.4. The molecule has 25 nitrogen and oxygen atoms in total. The molecule has 4 amide bonds. The number of nitrogens with two attached hydrogens (primary N) is 1. The number of hydrogen-bond donors (Lipinski definition) is 3. The average molecular weight is 1440 g/mol. The van der Waals surface area contributed by atoms with Crippen LogP contribution in [-0.4, -0.2) is 109 Å². The Morgan fingerprint density at radius 3 is 1.14 bits per heavy atom. The van der Waals surface area contributed by atoms with Crippen LogP contribution in [0.1, 0.15) is 119 Å². The molecule has 0 aliphatic carbocycles. The van der Waals surface area contributed by atoms with Gasteiger partial charge in [-0.1, -0.05) is 41.1 Å². The molecule has 9 aromatic heterocycles. The molecule has 9 rings (SSSR count). The largest absolute Gasteiger partial charge is 0.508 e. The molecular formula is C63H72BClF3IN12O13. The van der Waals surface area contributed by atoms with Gasteiger partial charge in [0, 0.05) is 61.0 Å². The molecule has 0 aliphatic rings. The summed E-state index contributed by atoms with van der Waals surface area (Å²) in [4.78, 5) is 76.4. The summed E-state index contributed by atoms with van der Waals surface area (Å²) < 4.78 is 76.2. The molecule has 0 unspecified atom stereocenters. The first-order valence-corrected chi connectivity index (χ1v) is 28.5. The number of halogens is 5. The monoisotopic (exact) mass is 1430 g/mol. The summed E-state index contributed by atoms with van der Waals surface area (Å²) in [6, 6.07) is 28.0. The van der Waals surface area contributed by atoms with Crippen molar-refractivity contribution in [1.82, 2.24) is 45.4 Å². The van der Waals surface area contributed by atoms with E-state index in [1.165, 1.54) is 36.7 Å². The Hall–Kier alpha value is -9.40. The number of nitrogens with zero attached hydrogens (tertiary/aromatic N) is 11. The van der Waals surface area contributed by atoms with Crippen molar-refractivity contribution in [3.8, 4) is 34.0 Å². The molecule has 500 valence electrons. The van der Waals surface area contributed by atoms with E-state index in [-0.39, 0.29) is 66.7 Å². The van der Waals surface area contributed by atoms with Gasteiger partial charge in [-0.2, -0.15) is 23.0 Å². The van der Waals surface area contributed by atoms with Crippen LogP contribution < -0.4 is 21.1 Å². The predicted octanol–water partition coefficient (Wildman–Crippen LogP) is 13.3. The number of nitrogen functional groups attached to an aromatic ring is 1. The summed E-state index contributed by atoms with van der Waals surface area (Å²) in [6.07, 6.45) is 1.34. The van der Waals surface area contributed by atoms with Gasteiger partial charge >= 0.3 is 31.5 Å². The lowest BCUT2D eigenvalue weighted by Gasteiger charge is -2.28. The van der Waals surface area contributed by atoms with E-state index in [9.17, 15) is 32.3 Å². The number of ether oxygens (including phenoxy) is 4. The van der Waals surface area contributed by atoms with Gasteiger partial charge in [-0.15, -0.1) is 35.6 Å². The first-order valence-electron chi connectivity index (χ1n) is 27.9. The molecule has 4 N–H and O–H groups in total. The van der Waals surface area contributed by atoms with Gasteiger partial charge in [-0.25, -0.2) is 49.1 Å². The van der Waals surface area contributed by atoms with E-state index < -0.39 is 71.7 Å². The molecule has 0 fully saturated rings. The third kappa shape index (κ3) is 24.3. The lowest BCUT2D eigenvalue weighted by molar-refractivity contribution is 0.0407. The zero-order chi connectivity index (χ0) is 67.7. The van der Waals surface area contributed by atoms with Crippen LogP contribution in [0.15, 0.2) is 141 Å². The molecule has 9 aromatic rings. The van der Waals surface area contributed by atoms with E-state index in [0.717, 1.165) is 15.9 Å². The molecular weight excluding hydrogens is 1360 g/mol. The van der Waals surface area contributed by atoms with Crippen molar-refractivity contribution < 1.29 is 74.9 Å². The van der Waals surface area contributed by atoms with Gasteiger partial charge < -0.3 is 48.3 Å². The molecule has 0 atom stereocenters. The molecule has 0 saturated carbocycles. The number of rotatable bonds is 11. The van der Waals surface area contributed by atoms with Crippen molar-refractivity contribution in [2.75, 3.05) is 15.5 Å². The van der Waals surface area contributed by atoms with Crippen LogP contribution in [0, 0.1) is 17.8 Å². The van der Waals surface area contributed by atoms with E-state index in [1.54, 1.807) is 168 Å². The summed E-state index contributed by atoms with van der Waals surface area (Å²) in [5, 5.41) is 28.7. The highest BCUT2D eigenvalue weighted by molar-refractivity contribution is 14.0. The number of carbonyl (C=O) groups excluding carboxylic acids is 4. The van der Waals surface area contributed by atoms with Crippen molar-refractivity contribution in [2.45, 2.75) is 132 Å². The lowest BCUT2D eigenvalue weighted by atomic mass is 9.86. The van der Waals surface area contributed by atoms with Gasteiger partial charge in [-0.3, -0.25) is 0 Å². The third-order valence-electron chi connectivity index (χ3n) is 11.0. The second-order valence-electron chi connectivity index (χ2n) is 23.5. The van der Waals surface area contributed by atoms with Gasteiger partial charge in [0.25, 0.3) is 0 Å². The molecule has 31 heteroatoms. The van der Waals surface area contributed by atoms with E-state index in [2.05, 4.69) is 45.4 Å². The van der Waals surface area contributed by atoms with E-state index >= 15 is 0 Å².